The quantitative estimate of drug-likeness (QED) is 0.885. The van der Waals surface area contributed by atoms with Crippen LogP contribution >= 0.6 is 0 Å². The molecule has 0 bridgehead atoms. The van der Waals surface area contributed by atoms with E-state index in [2.05, 4.69) is 10.3 Å². The van der Waals surface area contributed by atoms with Crippen LogP contribution in [0.15, 0.2) is 36.5 Å². The van der Waals surface area contributed by atoms with Crippen LogP contribution in [-0.2, 0) is 0 Å². The molecule has 1 unspecified atom stereocenters. The summed E-state index contributed by atoms with van der Waals surface area (Å²) < 4.78 is 19.3. The van der Waals surface area contributed by atoms with Crippen LogP contribution in [0.5, 0.6) is 5.75 Å². The lowest BCUT2D eigenvalue weighted by Crippen LogP contribution is -2.21. The number of ether oxygens (including phenoxy) is 1. The van der Waals surface area contributed by atoms with Gasteiger partial charge in [-0.25, -0.2) is 9.37 Å². The van der Waals surface area contributed by atoms with Crippen LogP contribution in [0, 0.1) is 5.82 Å². The summed E-state index contributed by atoms with van der Waals surface area (Å²) in [7, 11) is 3.25. The molecule has 0 aliphatic carbocycles. The molecule has 1 aromatic heterocycles. The van der Waals surface area contributed by atoms with E-state index in [4.69, 9.17) is 10.5 Å². The summed E-state index contributed by atoms with van der Waals surface area (Å²) in [6, 6.07) is 7.89. The van der Waals surface area contributed by atoms with Crippen LogP contribution in [0.25, 0.3) is 0 Å². The van der Waals surface area contributed by atoms with E-state index in [1.165, 1.54) is 13.2 Å². The maximum absolute atomic E-state index is 14.1. The summed E-state index contributed by atoms with van der Waals surface area (Å²) in [6.45, 7) is 0. The van der Waals surface area contributed by atoms with Gasteiger partial charge in [-0.05, 0) is 25.2 Å². The zero-order valence-corrected chi connectivity index (χ0v) is 10.9. The Morgan fingerprint density at radius 2 is 2.11 bits per heavy atom. The maximum atomic E-state index is 14.1. The minimum absolute atomic E-state index is 0.345. The average Bonchev–Trinajstić information content (AvgIpc) is 2.43. The highest BCUT2D eigenvalue weighted by atomic mass is 19.1. The van der Waals surface area contributed by atoms with E-state index in [1.54, 1.807) is 31.4 Å². The molecule has 19 heavy (non-hydrogen) atoms. The maximum Gasteiger partial charge on any atom is 0.132 e. The van der Waals surface area contributed by atoms with Gasteiger partial charge in [0.1, 0.15) is 17.4 Å². The van der Waals surface area contributed by atoms with Crippen molar-refractivity contribution in [1.82, 2.24) is 10.3 Å². The standard InChI is InChI=1S/C14H16FN3O/c1-17-13(9-5-4-8-18-14(9)16)12-10(15)6-3-7-11(12)19-2/h3-8,13,17H,1-2H3,(H2,16,18). The smallest absolute Gasteiger partial charge is 0.132 e. The number of hydrogen-bond acceptors (Lipinski definition) is 4. The predicted octanol–water partition coefficient (Wildman–Crippen LogP) is 2.12. The second-order valence-corrected chi connectivity index (χ2v) is 4.06. The fourth-order valence-electron chi connectivity index (χ4n) is 2.10. The number of nitrogens with one attached hydrogen (secondary N) is 1. The Kier molecular flexibility index (Phi) is 3.97. The number of nitrogens with zero attached hydrogens (tertiary/aromatic N) is 1. The van der Waals surface area contributed by atoms with E-state index in [1.807, 2.05) is 6.07 Å². The molecule has 3 N–H and O–H groups in total. The average molecular weight is 261 g/mol. The fraction of sp³-hybridized carbons (Fsp3) is 0.214. The van der Waals surface area contributed by atoms with Crippen molar-refractivity contribution in [3.63, 3.8) is 0 Å². The van der Waals surface area contributed by atoms with E-state index in [0.717, 1.165) is 0 Å². The third kappa shape index (κ3) is 2.51. The fourth-order valence-corrected chi connectivity index (χ4v) is 2.10. The number of anilines is 1. The third-order valence-corrected chi connectivity index (χ3v) is 2.99. The van der Waals surface area contributed by atoms with Gasteiger partial charge in [0.05, 0.1) is 18.7 Å². The molecule has 5 heteroatoms. The molecular weight excluding hydrogens is 245 g/mol. The van der Waals surface area contributed by atoms with Crippen LogP contribution in [0.2, 0.25) is 0 Å². The zero-order valence-electron chi connectivity index (χ0n) is 10.9. The van der Waals surface area contributed by atoms with E-state index in [9.17, 15) is 4.39 Å². The van der Waals surface area contributed by atoms with Gasteiger partial charge in [0.15, 0.2) is 0 Å². The summed E-state index contributed by atoms with van der Waals surface area (Å²) >= 11 is 0. The van der Waals surface area contributed by atoms with E-state index in [-0.39, 0.29) is 5.82 Å². The van der Waals surface area contributed by atoms with Crippen LogP contribution in [0.3, 0.4) is 0 Å². The zero-order chi connectivity index (χ0) is 13.8. The van der Waals surface area contributed by atoms with Crippen molar-refractivity contribution in [2.75, 3.05) is 19.9 Å². The highest BCUT2D eigenvalue weighted by molar-refractivity contribution is 5.49. The van der Waals surface area contributed by atoms with Gasteiger partial charge in [-0.2, -0.15) is 0 Å². The van der Waals surface area contributed by atoms with Crippen LogP contribution < -0.4 is 15.8 Å². The van der Waals surface area contributed by atoms with Gasteiger partial charge in [-0.1, -0.05) is 12.1 Å². The number of nitrogens with two attached hydrogens (primary N) is 1. The second-order valence-electron chi connectivity index (χ2n) is 4.06. The molecule has 1 aromatic carbocycles. The monoisotopic (exact) mass is 261 g/mol. The van der Waals surface area contributed by atoms with Gasteiger partial charge < -0.3 is 15.8 Å². The van der Waals surface area contributed by atoms with Gasteiger partial charge in [-0.15, -0.1) is 0 Å². The molecule has 0 amide bonds. The number of rotatable bonds is 4. The van der Waals surface area contributed by atoms with E-state index >= 15 is 0 Å². The Bertz CT molecular complexity index is 574. The van der Waals surface area contributed by atoms with Crippen molar-refractivity contribution in [3.05, 3.63) is 53.5 Å². The van der Waals surface area contributed by atoms with Crippen molar-refractivity contribution in [2.45, 2.75) is 6.04 Å². The summed E-state index contributed by atoms with van der Waals surface area (Å²) in [6.07, 6.45) is 1.60. The molecule has 0 saturated carbocycles. The molecule has 2 rings (SSSR count). The minimum Gasteiger partial charge on any atom is -0.496 e. The summed E-state index contributed by atoms with van der Waals surface area (Å²) in [4.78, 5) is 4.03. The minimum atomic E-state index is -0.412. The summed E-state index contributed by atoms with van der Waals surface area (Å²) in [5.74, 6) is 0.497. The Balaban J connectivity index is 2.58. The van der Waals surface area contributed by atoms with E-state index < -0.39 is 6.04 Å². The molecule has 1 heterocycles. The Hall–Kier alpha value is -2.14. The number of pyridine rings is 1. The van der Waals surface area contributed by atoms with Gasteiger partial charge in [0, 0.05) is 11.8 Å². The van der Waals surface area contributed by atoms with Crippen molar-refractivity contribution >= 4 is 5.82 Å². The largest absolute Gasteiger partial charge is 0.496 e. The molecule has 0 spiro atoms. The number of halogens is 1. The number of benzene rings is 1. The first-order chi connectivity index (χ1) is 9.19. The topological polar surface area (TPSA) is 60.2 Å². The van der Waals surface area contributed by atoms with Crippen molar-refractivity contribution in [2.24, 2.45) is 0 Å². The predicted molar refractivity (Wildman–Crippen MR) is 72.5 cm³/mol. The molecule has 100 valence electrons. The molecule has 0 aliphatic heterocycles. The van der Waals surface area contributed by atoms with Crippen LogP contribution in [0.1, 0.15) is 17.2 Å². The number of aromatic nitrogens is 1. The normalized spacial score (nSPS) is 12.2. The lowest BCUT2D eigenvalue weighted by atomic mass is 9.98. The number of methoxy groups -OCH3 is 1. The Morgan fingerprint density at radius 3 is 2.74 bits per heavy atom. The summed E-state index contributed by atoms with van der Waals surface area (Å²) in [5.41, 5.74) is 7.00. The lowest BCUT2D eigenvalue weighted by molar-refractivity contribution is 0.399. The first-order valence-electron chi connectivity index (χ1n) is 5.89. The van der Waals surface area contributed by atoms with Gasteiger partial charge in [-0.3, -0.25) is 0 Å². The number of hydrogen-bond donors (Lipinski definition) is 2. The van der Waals surface area contributed by atoms with Crippen molar-refractivity contribution < 1.29 is 9.13 Å². The second kappa shape index (κ2) is 5.67. The molecule has 0 radical (unpaired) electrons. The van der Waals surface area contributed by atoms with Crippen molar-refractivity contribution in [1.29, 1.82) is 0 Å². The number of nitrogen functional groups attached to an aromatic ring is 1. The first kappa shape index (κ1) is 13.3. The Morgan fingerprint density at radius 1 is 1.32 bits per heavy atom. The Labute approximate surface area is 111 Å². The molecule has 2 aromatic rings. The lowest BCUT2D eigenvalue weighted by Gasteiger charge is -2.21. The molecular formula is C14H16FN3O. The van der Waals surface area contributed by atoms with Gasteiger partial charge in [0.25, 0.3) is 0 Å². The molecule has 0 aliphatic rings. The van der Waals surface area contributed by atoms with Gasteiger partial charge in [0.2, 0.25) is 0 Å². The molecule has 4 nitrogen and oxygen atoms in total. The highest BCUT2D eigenvalue weighted by Crippen LogP contribution is 2.33. The van der Waals surface area contributed by atoms with Gasteiger partial charge >= 0.3 is 0 Å². The van der Waals surface area contributed by atoms with Crippen LogP contribution in [0.4, 0.5) is 10.2 Å². The SMILES string of the molecule is CNC(c1cccnc1N)c1c(F)cccc1OC. The van der Waals surface area contributed by atoms with Crippen LogP contribution in [-0.4, -0.2) is 19.1 Å². The first-order valence-corrected chi connectivity index (χ1v) is 5.89. The molecule has 0 saturated heterocycles. The van der Waals surface area contributed by atoms with Crippen molar-refractivity contribution in [3.8, 4) is 5.75 Å². The molecule has 0 fully saturated rings. The molecule has 1 atom stereocenters. The highest BCUT2D eigenvalue weighted by Gasteiger charge is 2.22. The van der Waals surface area contributed by atoms with E-state index in [0.29, 0.717) is 22.7 Å². The third-order valence-electron chi connectivity index (χ3n) is 2.99. The summed E-state index contributed by atoms with van der Waals surface area (Å²) in [5, 5.41) is 3.05.